The molecule has 0 fully saturated rings. The van der Waals surface area contributed by atoms with Crippen molar-refractivity contribution in [3.05, 3.63) is 58.7 Å². The molecule has 0 spiro atoms. The Morgan fingerprint density at radius 1 is 0.533 bits per heavy atom. The summed E-state index contributed by atoms with van der Waals surface area (Å²) in [6, 6.07) is 17.5. The molecule has 8 heteroatoms. The van der Waals surface area contributed by atoms with Gasteiger partial charge in [0.05, 0.1) is 37.6 Å². The van der Waals surface area contributed by atoms with E-state index in [1.807, 2.05) is 24.3 Å². The third kappa shape index (κ3) is 6.23. The van der Waals surface area contributed by atoms with Crippen LogP contribution in [0.4, 0.5) is 0 Å². The van der Waals surface area contributed by atoms with Gasteiger partial charge in [-0.15, -0.1) is 0 Å². The Bertz CT molecular complexity index is 942. The highest BCUT2D eigenvalue weighted by molar-refractivity contribution is 5.54. The van der Waals surface area contributed by atoms with Crippen molar-refractivity contribution in [1.82, 2.24) is 0 Å². The van der Waals surface area contributed by atoms with Crippen LogP contribution >= 0.6 is 0 Å². The first-order valence-electron chi connectivity index (χ1n) is 9.02. The fourth-order valence-corrected chi connectivity index (χ4v) is 2.46. The van der Waals surface area contributed by atoms with Crippen molar-refractivity contribution in [2.45, 2.75) is 0 Å². The lowest BCUT2D eigenvalue weighted by atomic mass is 10.1. The quantitative estimate of drug-likeness (QED) is 0.524. The first kappa shape index (κ1) is 22.2. The van der Waals surface area contributed by atoms with Crippen LogP contribution in [0.15, 0.2) is 36.4 Å². The SMILES string of the molecule is N#Cc1cccc(OCCOCCOCCOc2cccc(C#N)c2C#N)c1C#N. The smallest absolute Gasteiger partial charge is 0.138 e. The lowest BCUT2D eigenvalue weighted by Gasteiger charge is -2.10. The van der Waals surface area contributed by atoms with Crippen molar-refractivity contribution < 1.29 is 18.9 Å². The summed E-state index contributed by atoms with van der Waals surface area (Å²) in [6.07, 6.45) is 0. The largest absolute Gasteiger partial charge is 0.490 e. The zero-order chi connectivity index (χ0) is 21.6. The Hall–Kier alpha value is -4.08. The summed E-state index contributed by atoms with van der Waals surface area (Å²) >= 11 is 0. The van der Waals surface area contributed by atoms with E-state index in [-0.39, 0.29) is 35.5 Å². The van der Waals surface area contributed by atoms with Crippen molar-refractivity contribution in [2.75, 3.05) is 39.6 Å². The van der Waals surface area contributed by atoms with Crippen molar-refractivity contribution >= 4 is 0 Å². The Morgan fingerprint density at radius 2 is 0.933 bits per heavy atom. The van der Waals surface area contributed by atoms with Crippen LogP contribution in [0.3, 0.4) is 0 Å². The van der Waals surface area contributed by atoms with Crippen molar-refractivity contribution in [3.63, 3.8) is 0 Å². The molecule has 0 saturated carbocycles. The van der Waals surface area contributed by atoms with E-state index in [0.717, 1.165) is 0 Å². The van der Waals surface area contributed by atoms with E-state index in [0.29, 0.717) is 37.9 Å². The summed E-state index contributed by atoms with van der Waals surface area (Å²) in [5, 5.41) is 36.2. The van der Waals surface area contributed by atoms with Crippen LogP contribution in [0, 0.1) is 45.3 Å². The number of nitrogens with zero attached hydrogens (tertiary/aromatic N) is 4. The Morgan fingerprint density at radius 3 is 1.30 bits per heavy atom. The number of nitriles is 4. The number of rotatable bonds is 11. The predicted molar refractivity (Wildman–Crippen MR) is 104 cm³/mol. The van der Waals surface area contributed by atoms with Crippen molar-refractivity contribution in [3.8, 4) is 35.8 Å². The van der Waals surface area contributed by atoms with E-state index in [1.165, 1.54) is 0 Å². The van der Waals surface area contributed by atoms with Crippen LogP contribution in [0.2, 0.25) is 0 Å². The molecule has 150 valence electrons. The maximum atomic E-state index is 9.13. The Kier molecular flexibility index (Phi) is 9.18. The molecule has 0 atom stereocenters. The minimum atomic E-state index is 0.211. The molecule has 0 aliphatic heterocycles. The molecule has 30 heavy (non-hydrogen) atoms. The van der Waals surface area contributed by atoms with Gasteiger partial charge in [-0.3, -0.25) is 0 Å². The van der Waals surface area contributed by atoms with Crippen LogP contribution in [0.25, 0.3) is 0 Å². The average Bonchev–Trinajstić information content (AvgIpc) is 2.79. The summed E-state index contributed by atoms with van der Waals surface area (Å²) in [5.74, 6) is 0.705. The maximum Gasteiger partial charge on any atom is 0.138 e. The van der Waals surface area contributed by atoms with Gasteiger partial charge in [0, 0.05) is 0 Å². The molecule has 0 saturated heterocycles. The summed E-state index contributed by atoms with van der Waals surface area (Å²) in [7, 11) is 0. The highest BCUT2D eigenvalue weighted by Gasteiger charge is 2.09. The lowest BCUT2D eigenvalue weighted by molar-refractivity contribution is 0.0273. The van der Waals surface area contributed by atoms with Gasteiger partial charge in [0.15, 0.2) is 0 Å². The van der Waals surface area contributed by atoms with Gasteiger partial charge in [-0.25, -0.2) is 0 Å². The van der Waals surface area contributed by atoms with Crippen molar-refractivity contribution in [2.24, 2.45) is 0 Å². The van der Waals surface area contributed by atoms with E-state index >= 15 is 0 Å². The summed E-state index contributed by atoms with van der Waals surface area (Å²) < 4.78 is 21.8. The average molecular weight is 402 g/mol. The number of hydrogen-bond acceptors (Lipinski definition) is 8. The van der Waals surface area contributed by atoms with Gasteiger partial charge in [0.2, 0.25) is 0 Å². The molecule has 0 radical (unpaired) electrons. The highest BCUT2D eigenvalue weighted by atomic mass is 16.6. The van der Waals surface area contributed by atoms with Crippen LogP contribution in [-0.4, -0.2) is 39.6 Å². The zero-order valence-electron chi connectivity index (χ0n) is 16.1. The van der Waals surface area contributed by atoms with Gasteiger partial charge in [-0.05, 0) is 24.3 Å². The Labute approximate surface area is 174 Å². The van der Waals surface area contributed by atoms with Crippen molar-refractivity contribution in [1.29, 1.82) is 21.0 Å². The normalized spacial score (nSPS) is 9.60. The standard InChI is InChI=1S/C22H18N4O4/c23-13-17-3-1-5-21(19(17)15-25)29-11-9-27-7-8-28-10-12-30-22-6-2-4-18(14-24)20(22)16-26/h1-6H,7-12H2. The molecule has 0 heterocycles. The Balaban J connectivity index is 1.59. The molecule has 0 aliphatic rings. The van der Waals surface area contributed by atoms with E-state index in [9.17, 15) is 0 Å². The van der Waals surface area contributed by atoms with Crippen LogP contribution in [-0.2, 0) is 9.47 Å². The minimum Gasteiger partial charge on any atom is -0.490 e. The molecule has 2 aromatic rings. The molecule has 0 unspecified atom stereocenters. The van der Waals surface area contributed by atoms with Gasteiger partial charge in [-0.1, -0.05) is 12.1 Å². The lowest BCUT2D eigenvalue weighted by Crippen LogP contribution is -2.14. The second-order valence-electron chi connectivity index (χ2n) is 5.73. The zero-order valence-corrected chi connectivity index (χ0v) is 16.1. The number of hydrogen-bond donors (Lipinski definition) is 0. The summed E-state index contributed by atoms with van der Waals surface area (Å²) in [5.41, 5.74) is 0.965. The monoisotopic (exact) mass is 402 g/mol. The molecular formula is C22H18N4O4. The predicted octanol–water partition coefficient (Wildman–Crippen LogP) is 2.66. The van der Waals surface area contributed by atoms with Gasteiger partial charge in [0.25, 0.3) is 0 Å². The molecule has 0 aliphatic carbocycles. The topological polar surface area (TPSA) is 132 Å². The van der Waals surface area contributed by atoms with Gasteiger partial charge >= 0.3 is 0 Å². The van der Waals surface area contributed by atoms with Crippen LogP contribution < -0.4 is 9.47 Å². The minimum absolute atomic E-state index is 0.211. The summed E-state index contributed by atoms with van der Waals surface area (Å²) in [6.45, 7) is 1.76. The number of benzene rings is 2. The highest BCUT2D eigenvalue weighted by Crippen LogP contribution is 2.21. The number of ether oxygens (including phenoxy) is 4. The van der Waals surface area contributed by atoms with Crippen LogP contribution in [0.5, 0.6) is 11.5 Å². The van der Waals surface area contributed by atoms with Gasteiger partial charge in [0.1, 0.15) is 60.1 Å². The first-order chi connectivity index (χ1) is 14.7. The molecule has 0 bridgehead atoms. The summed E-state index contributed by atoms with van der Waals surface area (Å²) in [4.78, 5) is 0. The first-order valence-corrected chi connectivity index (χ1v) is 9.02. The molecule has 8 nitrogen and oxygen atoms in total. The molecule has 2 rings (SSSR count). The third-order valence-corrected chi connectivity index (χ3v) is 3.86. The second-order valence-corrected chi connectivity index (χ2v) is 5.73. The fourth-order valence-electron chi connectivity index (χ4n) is 2.46. The van der Waals surface area contributed by atoms with E-state index in [1.54, 1.807) is 36.4 Å². The molecule has 2 aromatic carbocycles. The van der Waals surface area contributed by atoms with Gasteiger partial charge in [-0.2, -0.15) is 21.0 Å². The van der Waals surface area contributed by atoms with Crippen LogP contribution in [0.1, 0.15) is 22.3 Å². The molecular weight excluding hydrogens is 384 g/mol. The molecule has 0 N–H and O–H groups in total. The van der Waals surface area contributed by atoms with Gasteiger partial charge < -0.3 is 18.9 Å². The van der Waals surface area contributed by atoms with E-state index < -0.39 is 0 Å². The molecule has 0 aromatic heterocycles. The maximum absolute atomic E-state index is 9.13. The molecule has 0 amide bonds. The third-order valence-electron chi connectivity index (χ3n) is 3.86. The fraction of sp³-hybridized carbons (Fsp3) is 0.273. The van der Waals surface area contributed by atoms with E-state index in [2.05, 4.69) is 0 Å². The second kappa shape index (κ2) is 12.4. The van der Waals surface area contributed by atoms with E-state index in [4.69, 9.17) is 40.0 Å².